The van der Waals surface area contributed by atoms with Crippen molar-refractivity contribution in [3.63, 3.8) is 0 Å². The van der Waals surface area contributed by atoms with Gasteiger partial charge in [-0.25, -0.2) is 0 Å². The van der Waals surface area contributed by atoms with E-state index in [0.717, 1.165) is 23.5 Å². The van der Waals surface area contributed by atoms with Crippen LogP contribution in [0.4, 0.5) is 18.2 Å². The highest BCUT2D eigenvalue weighted by Gasteiger charge is 2.32. The summed E-state index contributed by atoms with van der Waals surface area (Å²) in [6.45, 7) is 1.45. The number of alkyl halides is 3. The number of Topliss-reactive ketones (excluding diaryl/α,β-unsaturated/α-hetero) is 1. The lowest BCUT2D eigenvalue weighted by Gasteiger charge is -2.12. The van der Waals surface area contributed by atoms with Gasteiger partial charge in [0.05, 0.1) is 16.1 Å². The molecule has 0 aliphatic heterocycles. The second-order valence-electron chi connectivity index (χ2n) is 7.45. The monoisotopic (exact) mass is 465 g/mol. The molecule has 0 amide bonds. The molecule has 3 nitrogen and oxygen atoms in total. The molecule has 1 heterocycles. The molecule has 0 atom stereocenters. The van der Waals surface area contributed by atoms with Crippen LogP contribution in [0.5, 0.6) is 0 Å². The zero-order valence-electron chi connectivity index (χ0n) is 17.4. The van der Waals surface area contributed by atoms with E-state index >= 15 is 0 Å². The van der Waals surface area contributed by atoms with Gasteiger partial charge in [-0.15, -0.1) is 11.3 Å². The van der Waals surface area contributed by atoms with Crippen molar-refractivity contribution in [1.82, 2.24) is 0 Å². The summed E-state index contributed by atoms with van der Waals surface area (Å²) in [6.07, 6.45) is -4.54. The van der Waals surface area contributed by atoms with Crippen LogP contribution in [0, 0.1) is 0 Å². The predicted octanol–water partition coefficient (Wildman–Crippen LogP) is 7.12. The summed E-state index contributed by atoms with van der Waals surface area (Å²) in [5.41, 5.74) is 7.74. The van der Waals surface area contributed by atoms with E-state index in [9.17, 15) is 22.8 Å². The molecule has 0 saturated heterocycles. The molecule has 0 bridgehead atoms. The molecular formula is C26H18F3NO2S. The van der Waals surface area contributed by atoms with Gasteiger partial charge in [-0.1, -0.05) is 66.7 Å². The lowest BCUT2D eigenvalue weighted by atomic mass is 9.92. The van der Waals surface area contributed by atoms with Crippen LogP contribution in [0.15, 0.2) is 78.9 Å². The molecule has 0 saturated carbocycles. The minimum atomic E-state index is -4.54. The Morgan fingerprint density at radius 2 is 1.48 bits per heavy atom. The number of halogens is 3. The molecule has 1 aromatic heterocycles. The number of nitrogens with two attached hydrogens (primary N) is 1. The Morgan fingerprint density at radius 3 is 2.09 bits per heavy atom. The molecule has 0 aliphatic rings. The van der Waals surface area contributed by atoms with Crippen LogP contribution < -0.4 is 5.73 Å². The number of benzene rings is 3. The molecular weight excluding hydrogens is 447 g/mol. The number of carbonyl (C=O) groups excluding carboxylic acids is 2. The first-order chi connectivity index (χ1) is 15.7. The zero-order chi connectivity index (χ0) is 23.8. The number of carbonyl (C=O) groups is 2. The number of thiophene rings is 1. The molecule has 7 heteroatoms. The van der Waals surface area contributed by atoms with Crippen LogP contribution in [-0.2, 0) is 6.18 Å². The van der Waals surface area contributed by atoms with E-state index in [1.54, 1.807) is 54.6 Å². The second-order valence-corrected chi connectivity index (χ2v) is 8.50. The first-order valence-corrected chi connectivity index (χ1v) is 10.8. The van der Waals surface area contributed by atoms with E-state index in [4.69, 9.17) is 5.73 Å². The van der Waals surface area contributed by atoms with Gasteiger partial charge in [-0.2, -0.15) is 13.2 Å². The molecule has 0 fully saturated rings. The topological polar surface area (TPSA) is 60.2 Å². The van der Waals surface area contributed by atoms with Crippen molar-refractivity contribution in [2.75, 3.05) is 5.73 Å². The van der Waals surface area contributed by atoms with Crippen molar-refractivity contribution in [3.05, 3.63) is 101 Å². The zero-order valence-corrected chi connectivity index (χ0v) is 18.3. The number of rotatable bonds is 5. The predicted molar refractivity (Wildman–Crippen MR) is 124 cm³/mol. The van der Waals surface area contributed by atoms with E-state index in [2.05, 4.69) is 0 Å². The normalized spacial score (nSPS) is 11.4. The molecule has 166 valence electrons. The Morgan fingerprint density at radius 1 is 0.818 bits per heavy atom. The Hall–Kier alpha value is -3.71. The van der Waals surface area contributed by atoms with E-state index < -0.39 is 11.7 Å². The summed E-state index contributed by atoms with van der Waals surface area (Å²) in [4.78, 5) is 25.6. The smallest absolute Gasteiger partial charge is 0.390 e. The van der Waals surface area contributed by atoms with Gasteiger partial charge in [-0.05, 0) is 30.2 Å². The minimum absolute atomic E-state index is 0.106. The van der Waals surface area contributed by atoms with Crippen molar-refractivity contribution >= 4 is 27.9 Å². The third-order valence-electron chi connectivity index (χ3n) is 5.23. The lowest BCUT2D eigenvalue weighted by Crippen LogP contribution is -2.06. The molecule has 0 radical (unpaired) electrons. The fraction of sp³-hybridized carbons (Fsp3) is 0.0769. The van der Waals surface area contributed by atoms with Gasteiger partial charge >= 0.3 is 6.18 Å². The summed E-state index contributed by atoms with van der Waals surface area (Å²) in [7, 11) is 0. The summed E-state index contributed by atoms with van der Waals surface area (Å²) >= 11 is 1.13. The summed E-state index contributed by atoms with van der Waals surface area (Å²) in [6, 6.07) is 20.0. The number of anilines is 1. The highest BCUT2D eigenvalue weighted by atomic mass is 32.1. The average Bonchev–Trinajstić information content (AvgIpc) is 3.15. The highest BCUT2D eigenvalue weighted by molar-refractivity contribution is 7.20. The van der Waals surface area contributed by atoms with Gasteiger partial charge in [0.25, 0.3) is 0 Å². The van der Waals surface area contributed by atoms with Crippen molar-refractivity contribution in [2.45, 2.75) is 13.1 Å². The van der Waals surface area contributed by atoms with E-state index in [0.29, 0.717) is 27.1 Å². The van der Waals surface area contributed by atoms with Crippen LogP contribution in [0.25, 0.3) is 21.6 Å². The lowest BCUT2D eigenvalue weighted by molar-refractivity contribution is -0.137. The van der Waals surface area contributed by atoms with Gasteiger partial charge in [0.15, 0.2) is 11.6 Å². The molecule has 0 unspecified atom stereocenters. The van der Waals surface area contributed by atoms with Crippen molar-refractivity contribution in [3.8, 4) is 21.6 Å². The summed E-state index contributed by atoms with van der Waals surface area (Å²) in [5, 5.41) is 0.210. The molecule has 33 heavy (non-hydrogen) atoms. The second kappa shape index (κ2) is 8.67. The Labute approximate surface area is 192 Å². The first-order valence-electron chi connectivity index (χ1n) is 9.98. The summed E-state index contributed by atoms with van der Waals surface area (Å²) in [5.74, 6) is -0.478. The molecule has 3 aromatic carbocycles. The van der Waals surface area contributed by atoms with Gasteiger partial charge in [-0.3, -0.25) is 9.59 Å². The van der Waals surface area contributed by atoms with Crippen LogP contribution in [0.2, 0.25) is 0 Å². The van der Waals surface area contributed by atoms with Crippen LogP contribution in [0.3, 0.4) is 0 Å². The van der Waals surface area contributed by atoms with E-state index in [1.165, 1.54) is 19.1 Å². The largest absolute Gasteiger partial charge is 0.416 e. The summed E-state index contributed by atoms with van der Waals surface area (Å²) < 4.78 is 40.3. The molecule has 4 rings (SSSR count). The maximum Gasteiger partial charge on any atom is 0.416 e. The third-order valence-corrected chi connectivity index (χ3v) is 6.30. The quantitative estimate of drug-likeness (QED) is 0.319. The number of hydrogen-bond acceptors (Lipinski definition) is 4. The molecule has 2 N–H and O–H groups in total. The molecule has 0 spiro atoms. The minimum Gasteiger partial charge on any atom is -0.390 e. The Kier molecular flexibility index (Phi) is 5.91. The fourth-order valence-electron chi connectivity index (χ4n) is 3.59. The average molecular weight is 465 g/mol. The highest BCUT2D eigenvalue weighted by Crippen LogP contribution is 2.46. The molecule has 4 aromatic rings. The third kappa shape index (κ3) is 4.45. The number of nitrogen functional groups attached to an aromatic ring is 1. The number of hydrogen-bond donors (Lipinski definition) is 1. The van der Waals surface area contributed by atoms with Gasteiger partial charge < -0.3 is 5.73 Å². The van der Waals surface area contributed by atoms with Crippen LogP contribution in [0.1, 0.15) is 38.8 Å². The van der Waals surface area contributed by atoms with E-state index in [-0.39, 0.29) is 27.7 Å². The first kappa shape index (κ1) is 22.5. The SMILES string of the molecule is CC(=O)c1ccc(-c2sc(N)c(C(=O)c3ccccc3)c2-c2cccc(C(F)(F)F)c2)cc1. The maximum absolute atomic E-state index is 13.4. The van der Waals surface area contributed by atoms with E-state index in [1.807, 2.05) is 0 Å². The standard InChI is InChI=1S/C26H18F3NO2S/c1-15(31)16-10-12-18(13-11-16)24-21(19-8-5-9-20(14-19)26(27,28)29)22(25(30)33-24)23(32)17-6-3-2-4-7-17/h2-14H,30H2,1H3. The van der Waals surface area contributed by atoms with Gasteiger partial charge in [0.1, 0.15) is 0 Å². The van der Waals surface area contributed by atoms with Crippen LogP contribution >= 0.6 is 11.3 Å². The Bertz CT molecular complexity index is 1340. The van der Waals surface area contributed by atoms with Gasteiger partial charge in [0.2, 0.25) is 0 Å². The fourth-order valence-corrected chi connectivity index (χ4v) is 4.69. The van der Waals surface area contributed by atoms with Crippen molar-refractivity contribution < 1.29 is 22.8 Å². The Balaban J connectivity index is 1.97. The number of ketones is 2. The maximum atomic E-state index is 13.4. The van der Waals surface area contributed by atoms with Crippen LogP contribution in [-0.4, -0.2) is 11.6 Å². The van der Waals surface area contributed by atoms with Gasteiger partial charge in [0, 0.05) is 21.6 Å². The van der Waals surface area contributed by atoms with Crippen molar-refractivity contribution in [1.29, 1.82) is 0 Å². The van der Waals surface area contributed by atoms with Crippen molar-refractivity contribution in [2.24, 2.45) is 0 Å². The molecule has 0 aliphatic carbocycles.